The lowest BCUT2D eigenvalue weighted by atomic mass is 10.8. The summed E-state index contributed by atoms with van der Waals surface area (Å²) in [5.74, 6) is 0. The summed E-state index contributed by atoms with van der Waals surface area (Å²) in [5, 5.41) is 10.5. The van der Waals surface area contributed by atoms with Gasteiger partial charge >= 0.3 is 0 Å². The van der Waals surface area contributed by atoms with E-state index in [0.717, 1.165) is 0 Å². The number of aliphatic hydroxyl groups is 1. The molecular weight excluding hydrogens is 98.1 g/mol. The summed E-state index contributed by atoms with van der Waals surface area (Å²) < 4.78 is 0. The van der Waals surface area contributed by atoms with Crippen molar-refractivity contribution in [2.75, 3.05) is 6.54 Å². The SMILES string of the molecule is CCNC(O)=S. The molecule has 0 spiro atoms. The van der Waals surface area contributed by atoms with Crippen molar-refractivity contribution < 1.29 is 5.11 Å². The van der Waals surface area contributed by atoms with E-state index in [2.05, 4.69) is 17.5 Å². The predicted octanol–water partition coefficient (Wildman–Crippen LogP) is 0.439. The van der Waals surface area contributed by atoms with Crippen LogP contribution in [-0.2, 0) is 0 Å². The summed E-state index contributed by atoms with van der Waals surface area (Å²) in [6.07, 6.45) is 0. The third-order valence-corrected chi connectivity index (χ3v) is 0.472. The van der Waals surface area contributed by atoms with Crippen molar-refractivity contribution in [3.05, 3.63) is 0 Å². The highest BCUT2D eigenvalue weighted by Crippen LogP contribution is 1.56. The van der Waals surface area contributed by atoms with E-state index in [0.29, 0.717) is 6.54 Å². The van der Waals surface area contributed by atoms with Crippen LogP contribution in [0.4, 0.5) is 0 Å². The van der Waals surface area contributed by atoms with Crippen LogP contribution in [0.25, 0.3) is 0 Å². The molecule has 0 rings (SSSR count). The predicted molar refractivity (Wildman–Crippen MR) is 28.9 cm³/mol. The summed E-state index contributed by atoms with van der Waals surface area (Å²) in [5.41, 5.74) is 0. The van der Waals surface area contributed by atoms with Gasteiger partial charge in [0.2, 0.25) is 0 Å². The summed E-state index contributed by atoms with van der Waals surface area (Å²) in [6.45, 7) is 2.55. The first-order valence-electron chi connectivity index (χ1n) is 1.74. The fourth-order valence-electron chi connectivity index (χ4n) is 0.151. The van der Waals surface area contributed by atoms with Crippen LogP contribution in [0, 0.1) is 0 Å². The first-order chi connectivity index (χ1) is 2.77. The van der Waals surface area contributed by atoms with Crippen LogP contribution in [0.15, 0.2) is 0 Å². The van der Waals surface area contributed by atoms with Gasteiger partial charge in [0.25, 0.3) is 5.17 Å². The number of rotatable bonds is 1. The summed E-state index contributed by atoms with van der Waals surface area (Å²) in [6, 6.07) is 0. The van der Waals surface area contributed by atoms with Gasteiger partial charge in [-0.15, -0.1) is 0 Å². The molecule has 0 saturated carbocycles. The van der Waals surface area contributed by atoms with Crippen molar-refractivity contribution in [3.63, 3.8) is 0 Å². The van der Waals surface area contributed by atoms with Crippen molar-refractivity contribution in [1.29, 1.82) is 0 Å². The zero-order chi connectivity index (χ0) is 4.99. The lowest BCUT2D eigenvalue weighted by Gasteiger charge is -1.91. The number of aliphatic hydroxyl groups excluding tert-OH is 1. The monoisotopic (exact) mass is 105 g/mol. The average Bonchev–Trinajstić information content (AvgIpc) is 1.35. The Balaban J connectivity index is 2.83. The standard InChI is InChI=1S/C3H7NOS/c1-2-4-3(5)6/h2H2,1H3,(H2,4,5,6). The van der Waals surface area contributed by atoms with Crippen LogP contribution in [0.1, 0.15) is 6.92 Å². The lowest BCUT2D eigenvalue weighted by Crippen LogP contribution is -2.18. The van der Waals surface area contributed by atoms with Gasteiger partial charge in [-0.2, -0.15) is 0 Å². The minimum Gasteiger partial charge on any atom is -0.487 e. The van der Waals surface area contributed by atoms with E-state index in [1.54, 1.807) is 0 Å². The molecule has 0 radical (unpaired) electrons. The maximum Gasteiger partial charge on any atom is 0.254 e. The van der Waals surface area contributed by atoms with Crippen LogP contribution in [-0.4, -0.2) is 16.8 Å². The van der Waals surface area contributed by atoms with E-state index in [-0.39, 0.29) is 5.17 Å². The van der Waals surface area contributed by atoms with Crippen molar-refractivity contribution in [2.24, 2.45) is 0 Å². The number of nitrogens with one attached hydrogen (secondary N) is 1. The Bertz CT molecular complexity index is 54.8. The summed E-state index contributed by atoms with van der Waals surface area (Å²) >= 11 is 4.24. The Hall–Kier alpha value is -0.310. The molecular formula is C3H7NOS. The maximum atomic E-state index is 8.17. The molecule has 0 atom stereocenters. The molecule has 0 aromatic rings. The van der Waals surface area contributed by atoms with E-state index in [4.69, 9.17) is 5.11 Å². The van der Waals surface area contributed by atoms with Crippen LogP contribution >= 0.6 is 12.2 Å². The van der Waals surface area contributed by atoms with Gasteiger partial charge in [-0.25, -0.2) is 0 Å². The van der Waals surface area contributed by atoms with Crippen LogP contribution in [0.3, 0.4) is 0 Å². The van der Waals surface area contributed by atoms with E-state index in [1.165, 1.54) is 0 Å². The third-order valence-electron chi connectivity index (χ3n) is 0.328. The van der Waals surface area contributed by atoms with Gasteiger partial charge in [0.05, 0.1) is 0 Å². The number of thiocarbonyl (C=S) groups is 1. The van der Waals surface area contributed by atoms with Crippen LogP contribution in [0.2, 0.25) is 0 Å². The highest BCUT2D eigenvalue weighted by atomic mass is 32.1. The number of hydrogen-bond donors (Lipinski definition) is 2. The lowest BCUT2D eigenvalue weighted by molar-refractivity contribution is 0.535. The van der Waals surface area contributed by atoms with Gasteiger partial charge in [-0.3, -0.25) is 0 Å². The molecule has 3 heteroatoms. The Morgan fingerprint density at radius 3 is 2.50 bits per heavy atom. The van der Waals surface area contributed by atoms with Gasteiger partial charge in [0.15, 0.2) is 0 Å². The quantitative estimate of drug-likeness (QED) is 0.474. The molecule has 36 valence electrons. The normalized spacial score (nSPS) is 7.50. The first-order valence-corrected chi connectivity index (χ1v) is 2.15. The van der Waals surface area contributed by atoms with E-state index < -0.39 is 0 Å². The van der Waals surface area contributed by atoms with Crippen molar-refractivity contribution in [1.82, 2.24) is 5.32 Å². The highest BCUT2D eigenvalue weighted by Gasteiger charge is 1.77. The van der Waals surface area contributed by atoms with Crippen LogP contribution in [0.5, 0.6) is 0 Å². The largest absolute Gasteiger partial charge is 0.487 e. The van der Waals surface area contributed by atoms with Crippen molar-refractivity contribution in [3.8, 4) is 0 Å². The molecule has 6 heavy (non-hydrogen) atoms. The van der Waals surface area contributed by atoms with Gasteiger partial charge in [0, 0.05) is 6.54 Å². The molecule has 0 saturated heterocycles. The third kappa shape index (κ3) is 3.69. The molecule has 0 aliphatic rings. The van der Waals surface area contributed by atoms with Gasteiger partial charge in [-0.1, -0.05) is 0 Å². The smallest absolute Gasteiger partial charge is 0.254 e. The van der Waals surface area contributed by atoms with Crippen molar-refractivity contribution >= 4 is 17.4 Å². The van der Waals surface area contributed by atoms with E-state index in [9.17, 15) is 0 Å². The molecule has 0 aromatic carbocycles. The fraction of sp³-hybridized carbons (Fsp3) is 0.667. The first kappa shape index (κ1) is 5.69. The average molecular weight is 105 g/mol. The zero-order valence-corrected chi connectivity index (χ0v) is 4.38. The van der Waals surface area contributed by atoms with Gasteiger partial charge in [-0.05, 0) is 19.1 Å². The minimum atomic E-state index is -0.127. The molecule has 0 bridgehead atoms. The molecule has 0 amide bonds. The zero-order valence-electron chi connectivity index (χ0n) is 3.56. The second-order valence-electron chi connectivity index (χ2n) is 0.835. The fourth-order valence-corrected chi connectivity index (χ4v) is 0.296. The molecule has 2 nitrogen and oxygen atoms in total. The molecule has 0 heterocycles. The molecule has 0 aliphatic heterocycles. The topological polar surface area (TPSA) is 32.3 Å². The molecule has 0 unspecified atom stereocenters. The van der Waals surface area contributed by atoms with E-state index >= 15 is 0 Å². The van der Waals surface area contributed by atoms with Gasteiger partial charge < -0.3 is 10.4 Å². The van der Waals surface area contributed by atoms with Gasteiger partial charge in [0.1, 0.15) is 0 Å². The number of hydrogen-bond acceptors (Lipinski definition) is 1. The molecule has 0 fully saturated rings. The Morgan fingerprint density at radius 1 is 2.00 bits per heavy atom. The second kappa shape index (κ2) is 2.90. The summed E-state index contributed by atoms with van der Waals surface area (Å²) in [4.78, 5) is 0. The second-order valence-corrected chi connectivity index (χ2v) is 1.22. The summed E-state index contributed by atoms with van der Waals surface area (Å²) in [7, 11) is 0. The van der Waals surface area contributed by atoms with Crippen molar-refractivity contribution in [2.45, 2.75) is 6.92 Å². The van der Waals surface area contributed by atoms with Crippen LogP contribution < -0.4 is 5.32 Å². The maximum absolute atomic E-state index is 8.17. The van der Waals surface area contributed by atoms with E-state index in [1.807, 2.05) is 6.92 Å². The molecule has 0 aromatic heterocycles. The Morgan fingerprint density at radius 2 is 2.50 bits per heavy atom. The Labute approximate surface area is 42.2 Å². The molecule has 2 N–H and O–H groups in total. The Kier molecular flexibility index (Phi) is 2.75. The highest BCUT2D eigenvalue weighted by molar-refractivity contribution is 7.79. The minimum absolute atomic E-state index is 0.127. The molecule has 0 aliphatic carbocycles.